The van der Waals surface area contributed by atoms with Crippen LogP contribution in [0, 0.1) is 6.92 Å². The largest absolute Gasteiger partial charge is 0.261 e. The van der Waals surface area contributed by atoms with Crippen molar-refractivity contribution in [2.75, 3.05) is 0 Å². The Morgan fingerprint density at radius 1 is 1.33 bits per heavy atom. The Bertz CT molecular complexity index is 368. The third-order valence-electron chi connectivity index (χ3n) is 1.57. The Hall–Kier alpha value is -1.22. The molecule has 0 aliphatic carbocycles. The van der Waals surface area contributed by atoms with E-state index in [4.69, 9.17) is 0 Å². The third kappa shape index (κ3) is 1.36. The molecule has 0 atom stereocenters. The van der Waals surface area contributed by atoms with Crippen LogP contribution in [0.3, 0.4) is 0 Å². The summed E-state index contributed by atoms with van der Waals surface area (Å²) >= 11 is 1.67. The lowest BCUT2D eigenvalue weighted by atomic mass is 10.2. The molecule has 0 aliphatic rings. The summed E-state index contributed by atoms with van der Waals surface area (Å²) in [6, 6.07) is 2.05. The minimum atomic E-state index is 0.955. The molecule has 0 unspecified atom stereocenters. The molecule has 60 valence electrons. The van der Waals surface area contributed by atoms with Gasteiger partial charge in [-0.15, -0.1) is 0 Å². The van der Waals surface area contributed by atoms with Gasteiger partial charge in [0.25, 0.3) is 0 Å². The van der Waals surface area contributed by atoms with Gasteiger partial charge in [-0.05, 0) is 18.4 Å². The molecule has 2 heterocycles. The van der Waals surface area contributed by atoms with Gasteiger partial charge in [0.05, 0.1) is 17.6 Å². The lowest BCUT2D eigenvalue weighted by Crippen LogP contribution is -1.86. The van der Waals surface area contributed by atoms with Crippen molar-refractivity contribution in [3.05, 3.63) is 34.9 Å². The van der Waals surface area contributed by atoms with Crippen LogP contribution < -0.4 is 0 Å². The number of nitrogens with zero attached hydrogens (tertiary/aromatic N) is 2. The van der Waals surface area contributed by atoms with E-state index >= 15 is 0 Å². The fraction of sp³-hybridized carbons (Fsp3) is 0.111. The zero-order valence-electron chi connectivity index (χ0n) is 6.69. The molecule has 0 fully saturated rings. The van der Waals surface area contributed by atoms with Gasteiger partial charge in [-0.25, -0.2) is 4.98 Å². The maximum Gasteiger partial charge on any atom is 0.0896 e. The molecule has 0 amide bonds. The van der Waals surface area contributed by atoms with Gasteiger partial charge in [0.15, 0.2) is 0 Å². The average molecular weight is 176 g/mol. The van der Waals surface area contributed by atoms with Gasteiger partial charge in [0.2, 0.25) is 0 Å². The molecule has 0 radical (unpaired) electrons. The molecule has 0 N–H and O–H groups in total. The first kappa shape index (κ1) is 7.43. The summed E-state index contributed by atoms with van der Waals surface area (Å²) in [6.07, 6.45) is 3.55. The van der Waals surface area contributed by atoms with E-state index in [1.165, 1.54) is 0 Å². The van der Waals surface area contributed by atoms with Crippen molar-refractivity contribution < 1.29 is 0 Å². The van der Waals surface area contributed by atoms with E-state index in [0.717, 1.165) is 17.0 Å². The highest BCUT2D eigenvalue weighted by molar-refractivity contribution is 7.08. The molecule has 2 nitrogen and oxygen atoms in total. The van der Waals surface area contributed by atoms with Crippen molar-refractivity contribution in [3.8, 4) is 11.3 Å². The Morgan fingerprint density at radius 2 is 2.25 bits per heavy atom. The summed E-state index contributed by atoms with van der Waals surface area (Å²) in [7, 11) is 0. The summed E-state index contributed by atoms with van der Waals surface area (Å²) in [6.45, 7) is 1.95. The van der Waals surface area contributed by atoms with Crippen molar-refractivity contribution in [2.45, 2.75) is 6.92 Å². The highest BCUT2D eigenvalue weighted by Gasteiger charge is 1.98. The summed E-state index contributed by atoms with van der Waals surface area (Å²) in [5, 5.41) is 4.11. The Kier molecular flexibility index (Phi) is 1.87. The van der Waals surface area contributed by atoms with E-state index in [1.54, 1.807) is 23.7 Å². The Morgan fingerprint density at radius 3 is 2.92 bits per heavy atom. The van der Waals surface area contributed by atoms with E-state index in [1.807, 2.05) is 18.4 Å². The first-order valence-electron chi connectivity index (χ1n) is 3.67. The average Bonchev–Trinajstić information content (AvgIpc) is 2.56. The van der Waals surface area contributed by atoms with Gasteiger partial charge < -0.3 is 0 Å². The van der Waals surface area contributed by atoms with Gasteiger partial charge in [0.1, 0.15) is 0 Å². The highest BCUT2D eigenvalue weighted by atomic mass is 32.1. The van der Waals surface area contributed by atoms with E-state index in [2.05, 4.69) is 15.3 Å². The van der Waals surface area contributed by atoms with Crippen LogP contribution in [-0.4, -0.2) is 9.97 Å². The van der Waals surface area contributed by atoms with Crippen molar-refractivity contribution in [3.63, 3.8) is 0 Å². The van der Waals surface area contributed by atoms with Crippen molar-refractivity contribution in [2.24, 2.45) is 0 Å². The molecule has 0 spiro atoms. The van der Waals surface area contributed by atoms with Crippen LogP contribution in [-0.2, 0) is 0 Å². The number of thiophene rings is 1. The molecule has 0 saturated heterocycles. The van der Waals surface area contributed by atoms with Crippen molar-refractivity contribution >= 4 is 11.3 Å². The molecule has 0 aromatic carbocycles. The van der Waals surface area contributed by atoms with Crippen LogP contribution in [0.2, 0.25) is 0 Å². The zero-order chi connectivity index (χ0) is 8.39. The SMILES string of the molecule is Cc1cncc(-c2ccsc2)n1. The van der Waals surface area contributed by atoms with Gasteiger partial charge in [-0.3, -0.25) is 4.98 Å². The van der Waals surface area contributed by atoms with E-state index < -0.39 is 0 Å². The molecular weight excluding hydrogens is 168 g/mol. The van der Waals surface area contributed by atoms with E-state index in [9.17, 15) is 0 Å². The molecule has 0 saturated carbocycles. The normalized spacial score (nSPS) is 10.1. The lowest BCUT2D eigenvalue weighted by Gasteiger charge is -1.96. The molecule has 2 rings (SSSR count). The summed E-state index contributed by atoms with van der Waals surface area (Å²) in [4.78, 5) is 8.44. The van der Waals surface area contributed by atoms with Crippen LogP contribution in [0.1, 0.15) is 5.69 Å². The number of rotatable bonds is 1. The quantitative estimate of drug-likeness (QED) is 0.667. The predicted octanol–water partition coefficient (Wildman–Crippen LogP) is 2.51. The smallest absolute Gasteiger partial charge is 0.0896 e. The van der Waals surface area contributed by atoms with Gasteiger partial charge in [-0.1, -0.05) is 0 Å². The van der Waals surface area contributed by atoms with Crippen LogP contribution in [0.5, 0.6) is 0 Å². The second-order valence-electron chi connectivity index (χ2n) is 2.56. The molecule has 2 aromatic heterocycles. The summed E-state index contributed by atoms with van der Waals surface area (Å²) < 4.78 is 0. The molecule has 0 bridgehead atoms. The zero-order valence-corrected chi connectivity index (χ0v) is 7.51. The summed E-state index contributed by atoms with van der Waals surface area (Å²) in [5.74, 6) is 0. The monoisotopic (exact) mass is 176 g/mol. The van der Waals surface area contributed by atoms with Gasteiger partial charge in [-0.2, -0.15) is 11.3 Å². The Labute approximate surface area is 74.9 Å². The minimum absolute atomic E-state index is 0.955. The van der Waals surface area contributed by atoms with E-state index in [-0.39, 0.29) is 0 Å². The fourth-order valence-corrected chi connectivity index (χ4v) is 1.66. The van der Waals surface area contributed by atoms with Crippen LogP contribution in [0.15, 0.2) is 29.2 Å². The van der Waals surface area contributed by atoms with Crippen molar-refractivity contribution in [1.29, 1.82) is 0 Å². The standard InChI is InChI=1S/C9H8N2S/c1-7-4-10-5-9(11-7)8-2-3-12-6-8/h2-6H,1H3. The van der Waals surface area contributed by atoms with Crippen LogP contribution in [0.4, 0.5) is 0 Å². The van der Waals surface area contributed by atoms with Gasteiger partial charge >= 0.3 is 0 Å². The van der Waals surface area contributed by atoms with E-state index in [0.29, 0.717) is 0 Å². The number of hydrogen-bond acceptors (Lipinski definition) is 3. The Balaban J connectivity index is 2.48. The third-order valence-corrected chi connectivity index (χ3v) is 2.26. The second kappa shape index (κ2) is 3.03. The maximum atomic E-state index is 4.36. The number of aryl methyl sites for hydroxylation is 1. The van der Waals surface area contributed by atoms with Crippen LogP contribution >= 0.6 is 11.3 Å². The second-order valence-corrected chi connectivity index (χ2v) is 3.34. The molecule has 0 aliphatic heterocycles. The first-order chi connectivity index (χ1) is 5.86. The predicted molar refractivity (Wildman–Crippen MR) is 50.1 cm³/mol. The van der Waals surface area contributed by atoms with Crippen molar-refractivity contribution in [1.82, 2.24) is 9.97 Å². The fourth-order valence-electron chi connectivity index (χ4n) is 1.01. The molecule has 12 heavy (non-hydrogen) atoms. The maximum absolute atomic E-state index is 4.36. The first-order valence-corrected chi connectivity index (χ1v) is 4.62. The molecule has 2 aromatic rings. The molecule has 3 heteroatoms. The minimum Gasteiger partial charge on any atom is -0.261 e. The number of hydrogen-bond donors (Lipinski definition) is 0. The topological polar surface area (TPSA) is 25.8 Å². The highest BCUT2D eigenvalue weighted by Crippen LogP contribution is 2.18. The number of aromatic nitrogens is 2. The van der Waals surface area contributed by atoms with Gasteiger partial charge in [0, 0.05) is 17.1 Å². The summed E-state index contributed by atoms with van der Waals surface area (Å²) in [5.41, 5.74) is 3.06. The molecular formula is C9H8N2S. The lowest BCUT2D eigenvalue weighted by molar-refractivity contribution is 1.12. The van der Waals surface area contributed by atoms with Crippen LogP contribution in [0.25, 0.3) is 11.3 Å².